The third-order valence-corrected chi connectivity index (χ3v) is 5.79. The molecule has 0 saturated carbocycles. The molecule has 4 rings (SSSR count). The fraction of sp³-hybridized carbons (Fsp3) is 0.333. The van der Waals surface area contributed by atoms with Crippen LogP contribution in [0.15, 0.2) is 41.2 Å². The maximum absolute atomic E-state index is 12.6. The Labute approximate surface area is 149 Å². The van der Waals surface area contributed by atoms with E-state index in [1.54, 1.807) is 4.57 Å². The Bertz CT molecular complexity index is 913. The Hall–Kier alpha value is -1.69. The van der Waals surface area contributed by atoms with Gasteiger partial charge >= 0.3 is 5.69 Å². The van der Waals surface area contributed by atoms with E-state index in [1.165, 1.54) is 24.2 Å². The van der Waals surface area contributed by atoms with Gasteiger partial charge in [0.2, 0.25) is 0 Å². The maximum Gasteiger partial charge on any atom is 0.349 e. The van der Waals surface area contributed by atoms with Gasteiger partial charge < -0.3 is 4.90 Å². The zero-order valence-electron chi connectivity index (χ0n) is 13.2. The molecule has 4 nitrogen and oxygen atoms in total. The zero-order valence-corrected chi connectivity index (χ0v) is 14.8. The summed E-state index contributed by atoms with van der Waals surface area (Å²) >= 11 is 7.71. The summed E-state index contributed by atoms with van der Waals surface area (Å²) in [7, 11) is 0. The molecule has 1 fully saturated rings. The van der Waals surface area contributed by atoms with Crippen molar-refractivity contribution in [3.63, 3.8) is 0 Å². The van der Waals surface area contributed by atoms with Crippen molar-refractivity contribution in [3.8, 4) is 11.3 Å². The highest BCUT2D eigenvalue weighted by Crippen LogP contribution is 2.34. The van der Waals surface area contributed by atoms with E-state index < -0.39 is 0 Å². The Balaban J connectivity index is 1.78. The lowest BCUT2D eigenvalue weighted by Crippen LogP contribution is -2.30. The molecule has 0 spiro atoms. The van der Waals surface area contributed by atoms with E-state index >= 15 is 0 Å². The number of nitrogens with zero attached hydrogens (tertiary/aromatic N) is 3. The third kappa shape index (κ3) is 2.99. The van der Waals surface area contributed by atoms with Crippen molar-refractivity contribution < 1.29 is 0 Å². The van der Waals surface area contributed by atoms with E-state index in [9.17, 15) is 4.79 Å². The monoisotopic (exact) mass is 359 g/mol. The number of aromatic nitrogens is 2. The topological polar surface area (TPSA) is 38.1 Å². The molecule has 24 heavy (non-hydrogen) atoms. The van der Waals surface area contributed by atoms with Crippen molar-refractivity contribution in [2.75, 3.05) is 19.6 Å². The van der Waals surface area contributed by atoms with E-state index in [1.807, 2.05) is 36.4 Å². The number of rotatable bonds is 4. The number of benzene rings is 1. The summed E-state index contributed by atoms with van der Waals surface area (Å²) in [5.74, 6) is 0. The molecule has 1 aliphatic rings. The number of hydrogen-bond acceptors (Lipinski definition) is 4. The molecule has 3 heterocycles. The second kappa shape index (κ2) is 6.67. The first-order valence-electron chi connectivity index (χ1n) is 8.20. The minimum atomic E-state index is -0.195. The fourth-order valence-electron chi connectivity index (χ4n) is 3.29. The molecule has 124 valence electrons. The van der Waals surface area contributed by atoms with Crippen molar-refractivity contribution in [1.29, 1.82) is 0 Å². The van der Waals surface area contributed by atoms with Crippen LogP contribution in [-0.2, 0) is 6.54 Å². The van der Waals surface area contributed by atoms with E-state index in [0.717, 1.165) is 41.1 Å². The summed E-state index contributed by atoms with van der Waals surface area (Å²) in [6.45, 7) is 3.79. The molecular formula is C18H18ClN3OS. The Morgan fingerprint density at radius 3 is 2.62 bits per heavy atom. The Kier molecular flexibility index (Phi) is 4.39. The molecule has 0 atom stereocenters. The molecule has 0 unspecified atom stereocenters. The summed E-state index contributed by atoms with van der Waals surface area (Å²) in [5.41, 5.74) is 1.47. The van der Waals surface area contributed by atoms with Crippen LogP contribution in [0.5, 0.6) is 0 Å². The van der Waals surface area contributed by atoms with Crippen LogP contribution in [0.1, 0.15) is 12.8 Å². The summed E-state index contributed by atoms with van der Waals surface area (Å²) in [4.78, 5) is 20.3. The summed E-state index contributed by atoms with van der Waals surface area (Å²) in [6, 6.07) is 11.7. The van der Waals surface area contributed by atoms with Crippen LogP contribution < -0.4 is 5.69 Å². The number of halogens is 1. The van der Waals surface area contributed by atoms with Crippen LogP contribution in [-0.4, -0.2) is 34.1 Å². The van der Waals surface area contributed by atoms with Gasteiger partial charge in [0, 0.05) is 24.0 Å². The first kappa shape index (κ1) is 15.8. The van der Waals surface area contributed by atoms with E-state index in [0.29, 0.717) is 10.9 Å². The summed E-state index contributed by atoms with van der Waals surface area (Å²) in [5, 5.41) is 0.956. The maximum atomic E-state index is 12.6. The molecule has 0 amide bonds. The quantitative estimate of drug-likeness (QED) is 0.709. The van der Waals surface area contributed by atoms with Crippen molar-refractivity contribution >= 4 is 33.2 Å². The molecule has 3 aromatic rings. The van der Waals surface area contributed by atoms with Gasteiger partial charge in [0.05, 0.1) is 10.0 Å². The van der Waals surface area contributed by atoms with Crippen molar-refractivity contribution in [3.05, 3.63) is 51.2 Å². The predicted octanol–water partition coefficient (Wildman–Crippen LogP) is 3.87. The smallest absolute Gasteiger partial charge is 0.302 e. The van der Waals surface area contributed by atoms with Crippen LogP contribution in [0.4, 0.5) is 0 Å². The largest absolute Gasteiger partial charge is 0.349 e. The van der Waals surface area contributed by atoms with Gasteiger partial charge in [-0.05, 0) is 32.0 Å². The third-order valence-electron chi connectivity index (χ3n) is 4.51. The predicted molar refractivity (Wildman–Crippen MR) is 100 cm³/mol. The highest BCUT2D eigenvalue weighted by Gasteiger charge is 2.17. The van der Waals surface area contributed by atoms with Crippen LogP contribution in [0.2, 0.25) is 4.34 Å². The van der Waals surface area contributed by atoms with Gasteiger partial charge in [0.25, 0.3) is 0 Å². The Morgan fingerprint density at radius 1 is 1.12 bits per heavy atom. The molecular weight excluding hydrogens is 342 g/mol. The van der Waals surface area contributed by atoms with E-state index in [4.69, 9.17) is 11.6 Å². The highest BCUT2D eigenvalue weighted by atomic mass is 35.5. The lowest BCUT2D eigenvalue weighted by atomic mass is 10.1. The van der Waals surface area contributed by atoms with Crippen molar-refractivity contribution in [2.24, 2.45) is 0 Å². The van der Waals surface area contributed by atoms with E-state index in [2.05, 4.69) is 9.88 Å². The van der Waals surface area contributed by atoms with Gasteiger partial charge in [-0.1, -0.05) is 41.9 Å². The van der Waals surface area contributed by atoms with Crippen LogP contribution in [0.3, 0.4) is 0 Å². The second-order valence-electron chi connectivity index (χ2n) is 6.08. The summed E-state index contributed by atoms with van der Waals surface area (Å²) < 4.78 is 2.46. The zero-order chi connectivity index (χ0) is 16.5. The normalized spacial score (nSPS) is 15.4. The average molecular weight is 360 g/mol. The number of hydrogen-bond donors (Lipinski definition) is 0. The highest BCUT2D eigenvalue weighted by molar-refractivity contribution is 7.22. The standard InChI is InChI=1S/C18H18ClN3OS/c19-15-12-14-16(13-6-2-1-3-7-13)20-18(23)22(17(14)24-15)11-10-21-8-4-5-9-21/h1-3,6-7,12H,4-5,8-11H2. The first-order chi connectivity index (χ1) is 11.7. The van der Waals surface area contributed by atoms with Crippen LogP contribution >= 0.6 is 22.9 Å². The van der Waals surface area contributed by atoms with Gasteiger partial charge in [-0.15, -0.1) is 11.3 Å². The lowest BCUT2D eigenvalue weighted by Gasteiger charge is -2.16. The van der Waals surface area contributed by atoms with Crippen LogP contribution in [0, 0.1) is 0 Å². The minimum Gasteiger partial charge on any atom is -0.302 e. The number of fused-ring (bicyclic) bond motifs is 1. The lowest BCUT2D eigenvalue weighted by molar-refractivity contribution is 0.322. The molecule has 6 heteroatoms. The molecule has 2 aromatic heterocycles. The van der Waals surface area contributed by atoms with Crippen molar-refractivity contribution in [2.45, 2.75) is 19.4 Å². The molecule has 1 aliphatic heterocycles. The van der Waals surface area contributed by atoms with Crippen molar-refractivity contribution in [1.82, 2.24) is 14.5 Å². The SMILES string of the molecule is O=c1nc(-c2ccccc2)c2cc(Cl)sc2n1CCN1CCCC1. The van der Waals surface area contributed by atoms with Gasteiger partial charge in [0.1, 0.15) is 4.83 Å². The second-order valence-corrected chi connectivity index (χ2v) is 7.74. The first-order valence-corrected chi connectivity index (χ1v) is 9.39. The number of likely N-dealkylation sites (tertiary alicyclic amines) is 1. The fourth-order valence-corrected chi connectivity index (χ4v) is 4.52. The van der Waals surface area contributed by atoms with Gasteiger partial charge in [-0.3, -0.25) is 4.57 Å². The summed E-state index contributed by atoms with van der Waals surface area (Å²) in [6.07, 6.45) is 2.50. The minimum absolute atomic E-state index is 0.195. The molecule has 0 radical (unpaired) electrons. The van der Waals surface area contributed by atoms with Gasteiger partial charge in [-0.2, -0.15) is 4.98 Å². The molecule has 0 bridgehead atoms. The molecule has 1 saturated heterocycles. The molecule has 1 aromatic carbocycles. The molecule has 0 aliphatic carbocycles. The Morgan fingerprint density at radius 2 is 1.88 bits per heavy atom. The van der Waals surface area contributed by atoms with Gasteiger partial charge in [0.15, 0.2) is 0 Å². The number of thiophene rings is 1. The average Bonchev–Trinajstić information content (AvgIpc) is 3.23. The van der Waals surface area contributed by atoms with Gasteiger partial charge in [-0.25, -0.2) is 4.79 Å². The van der Waals surface area contributed by atoms with Crippen LogP contribution in [0.25, 0.3) is 21.5 Å². The van der Waals surface area contributed by atoms with E-state index in [-0.39, 0.29) is 5.69 Å². The molecule has 0 N–H and O–H groups in total.